The first-order chi connectivity index (χ1) is 11.6. The summed E-state index contributed by atoms with van der Waals surface area (Å²) in [7, 11) is 0. The fraction of sp³-hybridized carbons (Fsp3) is 0. The number of aromatic carboxylic acids is 1. The van der Waals surface area contributed by atoms with Crippen LogP contribution in [0.3, 0.4) is 0 Å². The highest BCUT2D eigenvalue weighted by Gasteiger charge is 2.19. The number of benzene rings is 2. The van der Waals surface area contributed by atoms with E-state index in [9.17, 15) is 19.1 Å². The smallest absolute Gasteiger partial charge is 0.338 e. The van der Waals surface area contributed by atoms with E-state index in [2.05, 4.69) is 5.32 Å². The molecule has 4 nitrogen and oxygen atoms in total. The zero-order valence-corrected chi connectivity index (χ0v) is 13.1. The summed E-state index contributed by atoms with van der Waals surface area (Å²) in [5.74, 6) is -2.50. The minimum Gasteiger partial charge on any atom is -0.478 e. The van der Waals surface area contributed by atoms with Crippen molar-refractivity contribution in [1.29, 1.82) is 0 Å². The summed E-state index contributed by atoms with van der Waals surface area (Å²) in [6, 6.07) is 16.3. The highest BCUT2D eigenvalue weighted by Crippen LogP contribution is 2.35. The Hall–Kier alpha value is -2.99. The van der Waals surface area contributed by atoms with Crippen LogP contribution >= 0.6 is 11.3 Å². The number of rotatable bonds is 4. The summed E-state index contributed by atoms with van der Waals surface area (Å²) in [4.78, 5) is 24.4. The van der Waals surface area contributed by atoms with Crippen molar-refractivity contribution >= 4 is 28.2 Å². The number of carboxylic acid groups (broad SMARTS) is 1. The van der Waals surface area contributed by atoms with Gasteiger partial charge < -0.3 is 10.4 Å². The van der Waals surface area contributed by atoms with Gasteiger partial charge in [0, 0.05) is 4.88 Å². The molecular formula is C18H12FNO3S. The average Bonchev–Trinajstić information content (AvgIpc) is 3.00. The maximum atomic E-state index is 13.7. The second-order valence-corrected chi connectivity index (χ2v) is 6.01. The standard InChI is InChI=1S/C18H12FNO3S/c19-14-9-5-4-8-12(14)16(21)20-17-13(18(22)23)10-15(24-17)11-6-2-1-3-7-11/h1-10H,(H,20,21)(H,22,23). The summed E-state index contributed by atoms with van der Waals surface area (Å²) in [6.07, 6.45) is 0. The first-order valence-corrected chi connectivity index (χ1v) is 7.86. The number of nitrogens with one attached hydrogen (secondary N) is 1. The Morgan fingerprint density at radius 3 is 2.29 bits per heavy atom. The predicted molar refractivity (Wildman–Crippen MR) is 91.1 cm³/mol. The van der Waals surface area contributed by atoms with Gasteiger partial charge >= 0.3 is 5.97 Å². The Morgan fingerprint density at radius 2 is 1.62 bits per heavy atom. The molecule has 120 valence electrons. The highest BCUT2D eigenvalue weighted by atomic mass is 32.1. The Morgan fingerprint density at radius 1 is 0.958 bits per heavy atom. The zero-order valence-electron chi connectivity index (χ0n) is 12.3. The topological polar surface area (TPSA) is 66.4 Å². The Kier molecular flexibility index (Phi) is 4.39. The summed E-state index contributed by atoms with van der Waals surface area (Å²) in [5.41, 5.74) is 0.684. The molecule has 0 saturated heterocycles. The van der Waals surface area contributed by atoms with Gasteiger partial charge in [-0.2, -0.15) is 0 Å². The van der Waals surface area contributed by atoms with E-state index in [1.807, 2.05) is 30.3 Å². The minimum absolute atomic E-state index is 0.0245. The number of hydrogen-bond acceptors (Lipinski definition) is 3. The molecule has 24 heavy (non-hydrogen) atoms. The Labute approximate surface area is 141 Å². The third-order valence-corrected chi connectivity index (χ3v) is 4.47. The van der Waals surface area contributed by atoms with Gasteiger partial charge in [0.25, 0.3) is 5.91 Å². The number of hydrogen-bond donors (Lipinski definition) is 2. The molecule has 0 atom stereocenters. The van der Waals surface area contributed by atoms with Crippen LogP contribution in [0.15, 0.2) is 60.7 Å². The molecule has 0 saturated carbocycles. The molecule has 0 fully saturated rings. The molecule has 0 unspecified atom stereocenters. The maximum Gasteiger partial charge on any atom is 0.338 e. The van der Waals surface area contributed by atoms with Crippen LogP contribution < -0.4 is 5.32 Å². The van der Waals surface area contributed by atoms with Crippen LogP contribution in [-0.4, -0.2) is 17.0 Å². The summed E-state index contributed by atoms with van der Waals surface area (Å²) in [6.45, 7) is 0. The molecule has 0 bridgehead atoms. The lowest BCUT2D eigenvalue weighted by Gasteiger charge is -2.05. The molecule has 0 spiro atoms. The van der Waals surface area contributed by atoms with Crippen molar-refractivity contribution in [2.45, 2.75) is 0 Å². The monoisotopic (exact) mass is 341 g/mol. The number of amides is 1. The maximum absolute atomic E-state index is 13.7. The molecule has 1 aromatic heterocycles. The van der Waals surface area contributed by atoms with E-state index in [0.717, 1.165) is 16.9 Å². The third kappa shape index (κ3) is 3.18. The largest absolute Gasteiger partial charge is 0.478 e. The van der Waals surface area contributed by atoms with Crippen molar-refractivity contribution < 1.29 is 19.1 Å². The fourth-order valence-electron chi connectivity index (χ4n) is 2.20. The third-order valence-electron chi connectivity index (χ3n) is 3.37. The SMILES string of the molecule is O=C(Nc1sc(-c2ccccc2)cc1C(=O)O)c1ccccc1F. The second kappa shape index (κ2) is 6.64. The molecule has 3 aromatic rings. The Balaban J connectivity index is 1.96. The molecule has 2 N–H and O–H groups in total. The second-order valence-electron chi connectivity index (χ2n) is 4.96. The van der Waals surface area contributed by atoms with Crippen LogP contribution in [-0.2, 0) is 0 Å². The molecule has 0 aliphatic carbocycles. The number of halogens is 1. The van der Waals surface area contributed by atoms with Gasteiger partial charge in [-0.05, 0) is 23.8 Å². The molecule has 3 rings (SSSR count). The molecule has 1 amide bonds. The molecule has 2 aromatic carbocycles. The van der Waals surface area contributed by atoms with E-state index in [4.69, 9.17) is 0 Å². The van der Waals surface area contributed by atoms with E-state index >= 15 is 0 Å². The first kappa shape index (κ1) is 15.9. The van der Waals surface area contributed by atoms with E-state index < -0.39 is 17.7 Å². The van der Waals surface area contributed by atoms with Gasteiger partial charge in [-0.25, -0.2) is 9.18 Å². The molecule has 0 aliphatic heterocycles. The van der Waals surface area contributed by atoms with E-state index in [0.29, 0.717) is 4.88 Å². The van der Waals surface area contributed by atoms with Crippen molar-refractivity contribution in [3.05, 3.63) is 77.6 Å². The number of carbonyl (C=O) groups is 2. The van der Waals surface area contributed by atoms with Gasteiger partial charge in [0.15, 0.2) is 0 Å². The van der Waals surface area contributed by atoms with Gasteiger partial charge in [-0.1, -0.05) is 42.5 Å². The van der Waals surface area contributed by atoms with Crippen molar-refractivity contribution in [1.82, 2.24) is 0 Å². The Bertz CT molecular complexity index is 906. The van der Waals surface area contributed by atoms with Crippen LogP contribution in [0.1, 0.15) is 20.7 Å². The lowest BCUT2D eigenvalue weighted by Crippen LogP contribution is -2.14. The minimum atomic E-state index is -1.16. The molecule has 0 radical (unpaired) electrons. The van der Waals surface area contributed by atoms with Crippen LogP contribution in [0.4, 0.5) is 9.39 Å². The molecule has 1 heterocycles. The first-order valence-electron chi connectivity index (χ1n) is 7.04. The number of thiophene rings is 1. The average molecular weight is 341 g/mol. The predicted octanol–water partition coefficient (Wildman–Crippen LogP) is 4.50. The number of anilines is 1. The van der Waals surface area contributed by atoms with Crippen molar-refractivity contribution in [3.63, 3.8) is 0 Å². The highest BCUT2D eigenvalue weighted by molar-refractivity contribution is 7.20. The molecular weight excluding hydrogens is 329 g/mol. The summed E-state index contributed by atoms with van der Waals surface area (Å²) in [5, 5.41) is 12.0. The lowest BCUT2D eigenvalue weighted by molar-refractivity contribution is 0.0698. The van der Waals surface area contributed by atoms with Crippen molar-refractivity contribution in [3.8, 4) is 10.4 Å². The van der Waals surface area contributed by atoms with Crippen LogP contribution in [0.25, 0.3) is 10.4 Å². The molecule has 6 heteroatoms. The quantitative estimate of drug-likeness (QED) is 0.734. The zero-order chi connectivity index (χ0) is 17.1. The summed E-state index contributed by atoms with van der Waals surface area (Å²) >= 11 is 1.13. The van der Waals surface area contributed by atoms with Gasteiger partial charge in [0.05, 0.1) is 11.1 Å². The van der Waals surface area contributed by atoms with E-state index in [1.165, 1.54) is 24.3 Å². The number of carbonyl (C=O) groups excluding carboxylic acids is 1. The van der Waals surface area contributed by atoms with Crippen LogP contribution in [0.2, 0.25) is 0 Å². The normalized spacial score (nSPS) is 10.4. The summed E-state index contributed by atoms with van der Waals surface area (Å²) < 4.78 is 13.7. The van der Waals surface area contributed by atoms with Crippen LogP contribution in [0.5, 0.6) is 0 Å². The lowest BCUT2D eigenvalue weighted by atomic mass is 10.1. The van der Waals surface area contributed by atoms with Crippen LogP contribution in [0, 0.1) is 5.82 Å². The van der Waals surface area contributed by atoms with Crippen molar-refractivity contribution in [2.75, 3.05) is 5.32 Å². The van der Waals surface area contributed by atoms with Gasteiger partial charge in [-0.3, -0.25) is 4.79 Å². The van der Waals surface area contributed by atoms with E-state index in [-0.39, 0.29) is 16.1 Å². The van der Waals surface area contributed by atoms with Gasteiger partial charge in [0.1, 0.15) is 10.8 Å². The van der Waals surface area contributed by atoms with E-state index in [1.54, 1.807) is 6.07 Å². The number of carboxylic acids is 1. The van der Waals surface area contributed by atoms with Gasteiger partial charge in [-0.15, -0.1) is 11.3 Å². The fourth-order valence-corrected chi connectivity index (χ4v) is 3.25. The van der Waals surface area contributed by atoms with Crippen molar-refractivity contribution in [2.24, 2.45) is 0 Å². The molecule has 0 aliphatic rings. The van der Waals surface area contributed by atoms with Gasteiger partial charge in [0.2, 0.25) is 0 Å².